The van der Waals surface area contributed by atoms with Gasteiger partial charge < -0.3 is 4.42 Å². The van der Waals surface area contributed by atoms with Gasteiger partial charge in [0.25, 0.3) is 11.8 Å². The predicted molar refractivity (Wildman–Crippen MR) is 87.4 cm³/mol. The fraction of sp³-hybridized carbons (Fsp3) is 0. The number of nitrogens with zero attached hydrogens (tertiary/aromatic N) is 3. The lowest BCUT2D eigenvalue weighted by atomic mass is 10.0. The fourth-order valence-electron chi connectivity index (χ4n) is 2.42. The molecule has 3 heterocycles. The van der Waals surface area contributed by atoms with Gasteiger partial charge in [-0.05, 0) is 24.3 Å². The number of aromatic amines is 1. The van der Waals surface area contributed by atoms with Crippen molar-refractivity contribution in [2.45, 2.75) is 0 Å². The van der Waals surface area contributed by atoms with Gasteiger partial charge in [0.2, 0.25) is 5.82 Å². The Morgan fingerprint density at radius 1 is 1.15 bits per heavy atom. The zero-order valence-electron chi connectivity index (χ0n) is 13.0. The molecule has 0 bridgehead atoms. The summed E-state index contributed by atoms with van der Waals surface area (Å²) in [7, 11) is 0. The number of aromatic nitrogens is 3. The number of carbonyl (C=O) groups is 3. The number of furan rings is 1. The van der Waals surface area contributed by atoms with Crippen molar-refractivity contribution in [3.63, 3.8) is 0 Å². The lowest BCUT2D eigenvalue weighted by molar-refractivity contribution is 0.0877. The zero-order chi connectivity index (χ0) is 18.1. The first-order valence-corrected chi connectivity index (χ1v) is 7.40. The van der Waals surface area contributed by atoms with Crippen molar-refractivity contribution >= 4 is 23.9 Å². The van der Waals surface area contributed by atoms with Gasteiger partial charge in [0, 0.05) is 5.56 Å². The maximum absolute atomic E-state index is 11.7. The first-order chi connectivity index (χ1) is 12.6. The van der Waals surface area contributed by atoms with Crippen LogP contribution < -0.4 is 10.7 Å². The summed E-state index contributed by atoms with van der Waals surface area (Å²) in [6.45, 7) is 0. The Morgan fingerprint density at radius 3 is 2.81 bits per heavy atom. The highest BCUT2D eigenvalue weighted by Gasteiger charge is 2.27. The molecule has 128 valence electrons. The van der Waals surface area contributed by atoms with E-state index in [1.165, 1.54) is 12.5 Å². The van der Waals surface area contributed by atoms with Crippen LogP contribution in [0.2, 0.25) is 0 Å². The highest BCUT2D eigenvalue weighted by atomic mass is 16.3. The van der Waals surface area contributed by atoms with E-state index in [0.717, 1.165) is 0 Å². The molecule has 10 nitrogen and oxygen atoms in total. The summed E-state index contributed by atoms with van der Waals surface area (Å²) in [5.41, 5.74) is 3.55. The second-order valence-corrected chi connectivity index (χ2v) is 5.28. The Labute approximate surface area is 145 Å². The lowest BCUT2D eigenvalue weighted by Gasteiger charge is -1.99. The maximum Gasteiger partial charge on any atom is 0.308 e. The highest BCUT2D eigenvalue weighted by molar-refractivity contribution is 6.21. The van der Waals surface area contributed by atoms with Gasteiger partial charge in [0.15, 0.2) is 0 Å². The SMILES string of the molecule is O=C(NN=Cc1ccc(-c2ccc3c(c2)C(=O)NC3=O)o1)c1ncn[nH]1. The number of benzene rings is 1. The first-order valence-electron chi connectivity index (χ1n) is 7.40. The highest BCUT2D eigenvalue weighted by Crippen LogP contribution is 2.26. The van der Waals surface area contributed by atoms with E-state index in [9.17, 15) is 14.4 Å². The van der Waals surface area contributed by atoms with Crippen LogP contribution in [0.5, 0.6) is 0 Å². The number of carbonyl (C=O) groups excluding carboxylic acids is 3. The summed E-state index contributed by atoms with van der Waals surface area (Å²) in [5, 5.41) is 12.0. The number of hydrogen-bond donors (Lipinski definition) is 3. The van der Waals surface area contributed by atoms with Crippen molar-refractivity contribution in [3.8, 4) is 11.3 Å². The van der Waals surface area contributed by atoms with Gasteiger partial charge in [0.1, 0.15) is 17.8 Å². The van der Waals surface area contributed by atoms with Crippen molar-refractivity contribution < 1.29 is 18.8 Å². The predicted octanol–water partition coefficient (Wildman–Crippen LogP) is 0.712. The molecule has 2 aromatic heterocycles. The third-order valence-electron chi connectivity index (χ3n) is 3.64. The molecule has 0 aliphatic carbocycles. The summed E-state index contributed by atoms with van der Waals surface area (Å²) in [5.74, 6) is -0.475. The number of H-pyrrole nitrogens is 1. The van der Waals surface area contributed by atoms with Crippen molar-refractivity contribution in [1.82, 2.24) is 25.9 Å². The van der Waals surface area contributed by atoms with Gasteiger partial charge >= 0.3 is 5.91 Å². The van der Waals surface area contributed by atoms with Gasteiger partial charge in [0.05, 0.1) is 17.3 Å². The third-order valence-corrected chi connectivity index (χ3v) is 3.64. The Morgan fingerprint density at radius 2 is 2.00 bits per heavy atom. The summed E-state index contributed by atoms with van der Waals surface area (Å²) < 4.78 is 5.61. The molecule has 10 heteroatoms. The maximum atomic E-state index is 11.7. The Bertz CT molecular complexity index is 1050. The topological polar surface area (TPSA) is 142 Å². The van der Waals surface area contributed by atoms with Gasteiger partial charge in [-0.3, -0.25) is 24.8 Å². The standard InChI is InChI=1S/C16H10N6O4/c23-14-10-3-1-8(5-11(10)15(24)20-14)12-4-2-9(26-12)6-18-22-16(25)13-17-7-19-21-13/h1-7H,(H,22,25)(H,17,19,21)(H,20,23,24). The molecule has 0 fully saturated rings. The Kier molecular flexibility index (Phi) is 3.62. The lowest BCUT2D eigenvalue weighted by Crippen LogP contribution is -2.19. The zero-order valence-corrected chi connectivity index (χ0v) is 13.0. The van der Waals surface area contributed by atoms with Gasteiger partial charge in [-0.2, -0.15) is 10.2 Å². The van der Waals surface area contributed by atoms with Crippen molar-refractivity contribution in [1.29, 1.82) is 0 Å². The smallest absolute Gasteiger partial charge is 0.308 e. The molecule has 1 aromatic carbocycles. The minimum atomic E-state index is -0.542. The Balaban J connectivity index is 1.49. The molecule has 0 spiro atoms. The van der Waals surface area contributed by atoms with E-state index >= 15 is 0 Å². The molecule has 26 heavy (non-hydrogen) atoms. The molecular weight excluding hydrogens is 340 g/mol. The summed E-state index contributed by atoms with van der Waals surface area (Å²) in [6, 6.07) is 8.18. The molecule has 3 aromatic rings. The van der Waals surface area contributed by atoms with E-state index in [4.69, 9.17) is 4.42 Å². The van der Waals surface area contributed by atoms with Crippen LogP contribution in [0.25, 0.3) is 11.3 Å². The third kappa shape index (κ3) is 2.75. The minimum Gasteiger partial charge on any atom is -0.455 e. The molecular formula is C16H10N6O4. The van der Waals surface area contributed by atoms with E-state index in [2.05, 4.69) is 31.0 Å². The summed E-state index contributed by atoms with van der Waals surface area (Å²) in [4.78, 5) is 38.6. The summed E-state index contributed by atoms with van der Waals surface area (Å²) >= 11 is 0. The van der Waals surface area contributed by atoms with Crippen LogP contribution in [0.3, 0.4) is 0 Å². The molecule has 1 aliphatic rings. The largest absolute Gasteiger partial charge is 0.455 e. The molecule has 0 unspecified atom stereocenters. The van der Waals surface area contributed by atoms with E-state index in [0.29, 0.717) is 28.2 Å². The number of amides is 3. The molecule has 1 aliphatic heterocycles. The number of hydrogen-bond acceptors (Lipinski definition) is 7. The van der Waals surface area contributed by atoms with Gasteiger partial charge in [-0.25, -0.2) is 10.4 Å². The number of fused-ring (bicyclic) bond motifs is 1. The van der Waals surface area contributed by atoms with Gasteiger partial charge in [-0.15, -0.1) is 0 Å². The summed E-state index contributed by atoms with van der Waals surface area (Å²) in [6.07, 6.45) is 2.53. The quantitative estimate of drug-likeness (QED) is 0.359. The molecule has 0 atom stereocenters. The second kappa shape index (κ2) is 6.09. The van der Waals surface area contributed by atoms with Crippen LogP contribution in [0.4, 0.5) is 0 Å². The van der Waals surface area contributed by atoms with Crippen LogP contribution in [0, 0.1) is 0 Å². The van der Waals surface area contributed by atoms with Crippen LogP contribution >= 0.6 is 0 Å². The number of rotatable bonds is 4. The van der Waals surface area contributed by atoms with Crippen LogP contribution in [0.15, 0.2) is 46.2 Å². The first kappa shape index (κ1) is 15.4. The van der Waals surface area contributed by atoms with E-state index in [-0.39, 0.29) is 5.82 Å². The average molecular weight is 350 g/mol. The van der Waals surface area contributed by atoms with Gasteiger partial charge in [-0.1, -0.05) is 6.07 Å². The average Bonchev–Trinajstić information content (AvgIpc) is 3.37. The molecule has 0 saturated heterocycles. The fourth-order valence-corrected chi connectivity index (χ4v) is 2.42. The van der Waals surface area contributed by atoms with Crippen LogP contribution in [0.1, 0.15) is 37.1 Å². The molecule has 0 radical (unpaired) electrons. The molecule has 3 N–H and O–H groups in total. The van der Waals surface area contributed by atoms with Crippen molar-refractivity contribution in [2.75, 3.05) is 0 Å². The van der Waals surface area contributed by atoms with E-state index in [1.54, 1.807) is 30.3 Å². The Hall–Kier alpha value is -4.08. The second-order valence-electron chi connectivity index (χ2n) is 5.28. The number of imide groups is 1. The number of hydrazone groups is 1. The minimum absolute atomic E-state index is 0.0354. The van der Waals surface area contributed by atoms with E-state index < -0.39 is 17.7 Å². The van der Waals surface area contributed by atoms with Crippen LogP contribution in [-0.2, 0) is 0 Å². The molecule has 3 amide bonds. The van der Waals surface area contributed by atoms with Crippen molar-refractivity contribution in [3.05, 3.63) is 59.4 Å². The number of nitrogens with one attached hydrogen (secondary N) is 3. The monoisotopic (exact) mass is 350 g/mol. The normalized spacial score (nSPS) is 13.1. The van der Waals surface area contributed by atoms with Crippen LogP contribution in [-0.4, -0.2) is 39.1 Å². The van der Waals surface area contributed by atoms with Crippen molar-refractivity contribution in [2.24, 2.45) is 5.10 Å². The van der Waals surface area contributed by atoms with E-state index in [1.807, 2.05) is 0 Å². The molecule has 4 rings (SSSR count). The molecule has 0 saturated carbocycles.